The fourth-order valence-electron chi connectivity index (χ4n) is 2.53. The van der Waals surface area contributed by atoms with Gasteiger partial charge in [0.05, 0.1) is 0 Å². The molecule has 0 radical (unpaired) electrons. The summed E-state index contributed by atoms with van der Waals surface area (Å²) in [6, 6.07) is 4.24. The van der Waals surface area contributed by atoms with Gasteiger partial charge in [0.1, 0.15) is 18.0 Å². The molecule has 1 fully saturated rings. The first kappa shape index (κ1) is 13.7. The summed E-state index contributed by atoms with van der Waals surface area (Å²) in [6.45, 7) is 4.04. The van der Waals surface area contributed by atoms with Crippen LogP contribution in [0.25, 0.3) is 0 Å². The molecule has 2 rings (SSSR count). The van der Waals surface area contributed by atoms with Crippen LogP contribution in [-0.2, 0) is 4.74 Å². The molecule has 3 unspecified atom stereocenters. The summed E-state index contributed by atoms with van der Waals surface area (Å²) >= 11 is 6.02. The largest absolute Gasteiger partial charge is 0.487 e. The van der Waals surface area contributed by atoms with Crippen molar-refractivity contribution < 1.29 is 9.47 Å². The minimum atomic E-state index is 0.115. The van der Waals surface area contributed by atoms with E-state index in [0.717, 1.165) is 28.3 Å². The molecule has 1 N–H and O–H groups in total. The average molecular weight is 270 g/mol. The number of methoxy groups -OCH3 is 1. The van der Waals surface area contributed by atoms with Gasteiger partial charge in [-0.3, -0.25) is 0 Å². The highest BCUT2D eigenvalue weighted by molar-refractivity contribution is 6.30. The number of ether oxygens (including phenoxy) is 2. The second-order valence-electron chi connectivity index (χ2n) is 4.86. The maximum absolute atomic E-state index is 6.08. The van der Waals surface area contributed by atoms with Gasteiger partial charge in [-0.25, -0.2) is 0 Å². The number of rotatable bonds is 4. The Bertz CT molecular complexity index is 413. The minimum absolute atomic E-state index is 0.115. The molecule has 0 spiro atoms. The van der Waals surface area contributed by atoms with Gasteiger partial charge in [-0.2, -0.15) is 0 Å². The van der Waals surface area contributed by atoms with Crippen molar-refractivity contribution in [3.8, 4) is 5.75 Å². The van der Waals surface area contributed by atoms with E-state index in [0.29, 0.717) is 6.04 Å². The van der Waals surface area contributed by atoms with Gasteiger partial charge in [0.2, 0.25) is 0 Å². The van der Waals surface area contributed by atoms with Crippen molar-refractivity contribution in [1.29, 1.82) is 0 Å². The van der Waals surface area contributed by atoms with Crippen molar-refractivity contribution in [2.45, 2.75) is 38.5 Å². The number of hydrogen-bond acceptors (Lipinski definition) is 3. The smallest absolute Gasteiger partial charge is 0.128 e. The molecule has 1 aliphatic rings. The standard InChI is InChI=1S/C14H20ClNO2/c1-8-5-10(15)6-9(2)13(8)18-12-7-11(16-3)14(12)17-4/h5-6,11-12,14,16H,7H2,1-4H3. The molecule has 0 bridgehead atoms. The highest BCUT2D eigenvalue weighted by atomic mass is 35.5. The van der Waals surface area contributed by atoms with E-state index in [2.05, 4.69) is 5.32 Å². The van der Waals surface area contributed by atoms with Gasteiger partial charge in [0, 0.05) is 24.6 Å². The minimum Gasteiger partial charge on any atom is -0.487 e. The van der Waals surface area contributed by atoms with Gasteiger partial charge in [0.25, 0.3) is 0 Å². The first-order valence-electron chi connectivity index (χ1n) is 6.20. The van der Waals surface area contributed by atoms with Crippen molar-refractivity contribution in [2.24, 2.45) is 0 Å². The van der Waals surface area contributed by atoms with Crippen LogP contribution in [0.1, 0.15) is 17.5 Å². The highest BCUT2D eigenvalue weighted by Gasteiger charge is 2.42. The Kier molecular flexibility index (Phi) is 4.15. The average Bonchev–Trinajstić information content (AvgIpc) is 2.26. The molecule has 4 heteroatoms. The van der Waals surface area contributed by atoms with Gasteiger partial charge in [-0.15, -0.1) is 0 Å². The Labute approximate surface area is 113 Å². The van der Waals surface area contributed by atoms with Crippen LogP contribution in [-0.4, -0.2) is 32.4 Å². The molecule has 1 aromatic carbocycles. The molecule has 1 saturated carbocycles. The molecule has 18 heavy (non-hydrogen) atoms. The first-order chi connectivity index (χ1) is 8.56. The molecule has 0 saturated heterocycles. The van der Waals surface area contributed by atoms with Crippen LogP contribution in [0, 0.1) is 13.8 Å². The lowest BCUT2D eigenvalue weighted by atomic mass is 9.85. The number of benzene rings is 1. The number of aryl methyl sites for hydroxylation is 2. The number of halogens is 1. The van der Waals surface area contributed by atoms with Crippen molar-refractivity contribution in [3.63, 3.8) is 0 Å². The Hall–Kier alpha value is -0.770. The monoisotopic (exact) mass is 269 g/mol. The van der Waals surface area contributed by atoms with Crippen LogP contribution >= 0.6 is 11.6 Å². The molecule has 3 nitrogen and oxygen atoms in total. The summed E-state index contributed by atoms with van der Waals surface area (Å²) in [5.41, 5.74) is 2.14. The highest BCUT2D eigenvalue weighted by Crippen LogP contribution is 2.33. The molecular formula is C14H20ClNO2. The van der Waals surface area contributed by atoms with Crippen LogP contribution < -0.4 is 10.1 Å². The van der Waals surface area contributed by atoms with Crippen molar-refractivity contribution in [2.75, 3.05) is 14.2 Å². The zero-order valence-corrected chi connectivity index (χ0v) is 12.0. The second kappa shape index (κ2) is 5.47. The van der Waals surface area contributed by atoms with Gasteiger partial charge < -0.3 is 14.8 Å². The van der Waals surface area contributed by atoms with Gasteiger partial charge in [0.15, 0.2) is 0 Å². The Morgan fingerprint density at radius 2 is 1.89 bits per heavy atom. The number of nitrogens with one attached hydrogen (secondary N) is 1. The summed E-state index contributed by atoms with van der Waals surface area (Å²) in [6.07, 6.45) is 1.20. The van der Waals surface area contributed by atoms with E-state index in [9.17, 15) is 0 Å². The topological polar surface area (TPSA) is 30.5 Å². The van der Waals surface area contributed by atoms with Crippen molar-refractivity contribution in [3.05, 3.63) is 28.3 Å². The summed E-state index contributed by atoms with van der Waals surface area (Å²) in [7, 11) is 3.68. The van der Waals surface area contributed by atoms with Gasteiger partial charge in [-0.1, -0.05) is 11.6 Å². The van der Waals surface area contributed by atoms with Crippen LogP contribution in [0.3, 0.4) is 0 Å². The van der Waals surface area contributed by atoms with Crippen LogP contribution in [0.4, 0.5) is 0 Å². The van der Waals surface area contributed by atoms with E-state index in [1.54, 1.807) is 7.11 Å². The van der Waals surface area contributed by atoms with Crippen molar-refractivity contribution in [1.82, 2.24) is 5.32 Å². The molecule has 0 aromatic heterocycles. The molecule has 0 amide bonds. The third-order valence-electron chi connectivity index (χ3n) is 3.59. The molecule has 1 aromatic rings. The Morgan fingerprint density at radius 1 is 1.28 bits per heavy atom. The van der Waals surface area contributed by atoms with E-state index >= 15 is 0 Å². The summed E-state index contributed by atoms with van der Waals surface area (Å²) in [5, 5.41) is 3.98. The lowest BCUT2D eigenvalue weighted by Gasteiger charge is -2.43. The van der Waals surface area contributed by atoms with E-state index in [1.807, 2.05) is 33.0 Å². The maximum atomic E-state index is 6.08. The molecule has 1 aliphatic carbocycles. The fraction of sp³-hybridized carbons (Fsp3) is 0.571. The second-order valence-corrected chi connectivity index (χ2v) is 5.29. The quantitative estimate of drug-likeness (QED) is 0.912. The predicted molar refractivity (Wildman–Crippen MR) is 73.6 cm³/mol. The summed E-state index contributed by atoms with van der Waals surface area (Å²) in [4.78, 5) is 0. The molecule has 0 heterocycles. The van der Waals surface area contributed by atoms with E-state index in [-0.39, 0.29) is 12.2 Å². The van der Waals surface area contributed by atoms with E-state index < -0.39 is 0 Å². The summed E-state index contributed by atoms with van der Waals surface area (Å²) in [5.74, 6) is 0.931. The van der Waals surface area contributed by atoms with E-state index in [1.165, 1.54) is 0 Å². The third kappa shape index (κ3) is 2.48. The molecule has 100 valence electrons. The molecule has 3 atom stereocenters. The molecular weight excluding hydrogens is 250 g/mol. The maximum Gasteiger partial charge on any atom is 0.128 e. The third-order valence-corrected chi connectivity index (χ3v) is 3.80. The number of hydrogen-bond donors (Lipinski definition) is 1. The number of likely N-dealkylation sites (N-methyl/N-ethyl adjacent to an activating group) is 1. The summed E-state index contributed by atoms with van der Waals surface area (Å²) < 4.78 is 11.5. The fourth-order valence-corrected chi connectivity index (χ4v) is 2.86. The zero-order chi connectivity index (χ0) is 13.3. The normalized spacial score (nSPS) is 26.8. The van der Waals surface area contributed by atoms with Crippen molar-refractivity contribution >= 4 is 11.6 Å². The van der Waals surface area contributed by atoms with Gasteiger partial charge >= 0.3 is 0 Å². The van der Waals surface area contributed by atoms with Crippen LogP contribution in [0.5, 0.6) is 5.75 Å². The van der Waals surface area contributed by atoms with Crippen LogP contribution in [0.2, 0.25) is 5.02 Å². The lowest BCUT2D eigenvalue weighted by molar-refractivity contribution is -0.0873. The Balaban J connectivity index is 2.11. The zero-order valence-electron chi connectivity index (χ0n) is 11.3. The first-order valence-corrected chi connectivity index (χ1v) is 6.58. The SMILES string of the molecule is CNC1CC(Oc2c(C)cc(Cl)cc2C)C1OC. The van der Waals surface area contributed by atoms with Gasteiger partial charge in [-0.05, 0) is 44.2 Å². The Morgan fingerprint density at radius 3 is 2.39 bits per heavy atom. The lowest BCUT2D eigenvalue weighted by Crippen LogP contribution is -2.60. The van der Waals surface area contributed by atoms with Crippen LogP contribution in [0.15, 0.2) is 12.1 Å². The van der Waals surface area contributed by atoms with E-state index in [4.69, 9.17) is 21.1 Å². The molecule has 0 aliphatic heterocycles. The predicted octanol–water partition coefficient (Wildman–Crippen LogP) is 2.71.